The molecule has 0 fully saturated rings. The van der Waals surface area contributed by atoms with Gasteiger partial charge in [-0.25, -0.2) is 14.6 Å². The van der Waals surface area contributed by atoms with Crippen molar-refractivity contribution in [1.82, 2.24) is 19.7 Å². The molecular weight excluding hydrogens is 304 g/mol. The second kappa shape index (κ2) is 7.10. The van der Waals surface area contributed by atoms with E-state index in [0.717, 1.165) is 12.1 Å². The molecule has 0 aliphatic rings. The minimum Gasteiger partial charge on any atom is -0.507 e. The highest BCUT2D eigenvalue weighted by atomic mass is 16.3. The third kappa shape index (κ3) is 3.52. The van der Waals surface area contributed by atoms with E-state index < -0.39 is 0 Å². The molecule has 1 atom stereocenters. The van der Waals surface area contributed by atoms with Crippen molar-refractivity contribution in [2.24, 2.45) is 5.73 Å². The van der Waals surface area contributed by atoms with Crippen LogP contribution in [0.15, 0.2) is 48.9 Å². The van der Waals surface area contributed by atoms with E-state index in [2.05, 4.69) is 20.4 Å². The topological polar surface area (TPSA) is 102 Å². The van der Waals surface area contributed by atoms with Crippen LogP contribution in [0.2, 0.25) is 0 Å². The van der Waals surface area contributed by atoms with Gasteiger partial charge in [-0.3, -0.25) is 0 Å². The van der Waals surface area contributed by atoms with Gasteiger partial charge in [0.15, 0.2) is 5.82 Å². The number of hydrogen-bond donors (Lipinski definition) is 3. The molecule has 1 unspecified atom stereocenters. The van der Waals surface area contributed by atoms with Crippen molar-refractivity contribution < 1.29 is 5.11 Å². The summed E-state index contributed by atoms with van der Waals surface area (Å²) in [6.45, 7) is 2.67. The normalized spacial score (nSPS) is 12.1. The number of nitrogens with one attached hydrogen (secondary N) is 1. The summed E-state index contributed by atoms with van der Waals surface area (Å²) in [6, 6.07) is 8.89. The summed E-state index contributed by atoms with van der Waals surface area (Å²) in [5.74, 6) is 1.23. The van der Waals surface area contributed by atoms with Crippen LogP contribution in [0.3, 0.4) is 0 Å². The third-order valence-corrected chi connectivity index (χ3v) is 3.72. The second-order valence-corrected chi connectivity index (χ2v) is 5.47. The number of hydrogen-bond acceptors (Lipinski definition) is 6. The first-order valence-electron chi connectivity index (χ1n) is 7.83. The standard InChI is InChI=1S/C17H20N6O/c1-2-12(18)11-20-16-6-8-19-17(22-16)14-10-13(4-5-15(14)24)23-9-3-7-21-23/h3-10,12,24H,2,11,18H2,1H3,(H,19,20,22). The zero-order valence-corrected chi connectivity index (χ0v) is 13.4. The van der Waals surface area contributed by atoms with Crippen molar-refractivity contribution in [3.05, 3.63) is 48.9 Å². The SMILES string of the molecule is CCC(N)CNc1ccnc(-c2cc(-n3cccn3)ccc2O)n1. The number of nitrogens with two attached hydrogens (primary N) is 1. The maximum Gasteiger partial charge on any atom is 0.165 e. The van der Waals surface area contributed by atoms with Crippen LogP contribution in [0.4, 0.5) is 5.82 Å². The van der Waals surface area contributed by atoms with Gasteiger partial charge in [0, 0.05) is 31.2 Å². The van der Waals surface area contributed by atoms with Gasteiger partial charge >= 0.3 is 0 Å². The predicted octanol–water partition coefficient (Wildman–Crippen LogP) is 2.18. The minimum atomic E-state index is 0.0694. The number of benzene rings is 1. The number of anilines is 1. The third-order valence-electron chi connectivity index (χ3n) is 3.72. The molecule has 0 amide bonds. The second-order valence-electron chi connectivity index (χ2n) is 5.47. The highest BCUT2D eigenvalue weighted by Crippen LogP contribution is 2.29. The fourth-order valence-electron chi connectivity index (χ4n) is 2.23. The van der Waals surface area contributed by atoms with E-state index in [1.54, 1.807) is 41.3 Å². The number of phenols is 1. The highest BCUT2D eigenvalue weighted by Gasteiger charge is 2.11. The zero-order valence-electron chi connectivity index (χ0n) is 13.4. The number of phenolic OH excluding ortho intramolecular Hbond substituents is 1. The smallest absolute Gasteiger partial charge is 0.165 e. The molecule has 4 N–H and O–H groups in total. The summed E-state index contributed by atoms with van der Waals surface area (Å²) < 4.78 is 1.71. The van der Waals surface area contributed by atoms with Gasteiger partial charge in [-0.2, -0.15) is 5.10 Å². The molecule has 7 nitrogen and oxygen atoms in total. The summed E-state index contributed by atoms with van der Waals surface area (Å²) in [5.41, 5.74) is 7.28. The Kier molecular flexibility index (Phi) is 4.72. The van der Waals surface area contributed by atoms with Gasteiger partial charge in [0.2, 0.25) is 0 Å². The Bertz CT molecular complexity index is 803. The van der Waals surface area contributed by atoms with E-state index in [0.29, 0.717) is 23.8 Å². The summed E-state index contributed by atoms with van der Waals surface area (Å²) in [7, 11) is 0. The Labute approximate surface area is 140 Å². The number of nitrogens with zero attached hydrogens (tertiary/aromatic N) is 4. The van der Waals surface area contributed by atoms with Gasteiger partial charge in [0.25, 0.3) is 0 Å². The molecule has 124 valence electrons. The molecule has 0 radical (unpaired) electrons. The summed E-state index contributed by atoms with van der Waals surface area (Å²) in [6.07, 6.45) is 6.07. The maximum atomic E-state index is 10.2. The van der Waals surface area contributed by atoms with Gasteiger partial charge in [0.05, 0.1) is 11.3 Å². The van der Waals surface area contributed by atoms with Crippen molar-refractivity contribution >= 4 is 5.82 Å². The van der Waals surface area contributed by atoms with Crippen molar-refractivity contribution in [1.29, 1.82) is 0 Å². The van der Waals surface area contributed by atoms with Gasteiger partial charge in [-0.1, -0.05) is 6.92 Å². The molecule has 0 spiro atoms. The minimum absolute atomic E-state index is 0.0694. The van der Waals surface area contributed by atoms with Crippen molar-refractivity contribution in [2.45, 2.75) is 19.4 Å². The fraction of sp³-hybridized carbons (Fsp3) is 0.235. The van der Waals surface area contributed by atoms with Gasteiger partial charge < -0.3 is 16.2 Å². The Morgan fingerprint density at radius 2 is 2.17 bits per heavy atom. The highest BCUT2D eigenvalue weighted by molar-refractivity contribution is 5.67. The Balaban J connectivity index is 1.90. The first kappa shape index (κ1) is 15.9. The summed E-state index contributed by atoms with van der Waals surface area (Å²) in [4.78, 5) is 8.73. The fourth-order valence-corrected chi connectivity index (χ4v) is 2.23. The first-order chi connectivity index (χ1) is 11.7. The lowest BCUT2D eigenvalue weighted by Gasteiger charge is -2.12. The summed E-state index contributed by atoms with van der Waals surface area (Å²) in [5, 5.41) is 17.6. The Hall–Kier alpha value is -2.93. The molecule has 0 bridgehead atoms. The van der Waals surface area contributed by atoms with E-state index in [4.69, 9.17) is 5.73 Å². The lowest BCUT2D eigenvalue weighted by Crippen LogP contribution is -2.28. The number of aromatic nitrogens is 4. The van der Waals surface area contributed by atoms with Crippen LogP contribution in [-0.4, -0.2) is 37.4 Å². The average molecular weight is 324 g/mol. The Morgan fingerprint density at radius 1 is 1.29 bits per heavy atom. The van der Waals surface area contributed by atoms with Gasteiger partial charge in [-0.15, -0.1) is 0 Å². The molecule has 0 saturated heterocycles. The Morgan fingerprint density at radius 3 is 2.92 bits per heavy atom. The first-order valence-corrected chi connectivity index (χ1v) is 7.83. The van der Waals surface area contributed by atoms with E-state index in [1.807, 2.05) is 19.2 Å². The molecule has 3 aromatic rings. The summed E-state index contributed by atoms with van der Waals surface area (Å²) >= 11 is 0. The molecule has 24 heavy (non-hydrogen) atoms. The van der Waals surface area contributed by atoms with Crippen LogP contribution in [0, 0.1) is 0 Å². The number of rotatable bonds is 6. The van der Waals surface area contributed by atoms with Crippen molar-refractivity contribution in [3.8, 4) is 22.8 Å². The largest absolute Gasteiger partial charge is 0.507 e. The van der Waals surface area contributed by atoms with Gasteiger partial charge in [0.1, 0.15) is 11.6 Å². The predicted molar refractivity (Wildman–Crippen MR) is 93.0 cm³/mol. The maximum absolute atomic E-state index is 10.2. The monoisotopic (exact) mass is 324 g/mol. The van der Waals surface area contributed by atoms with E-state index in [1.165, 1.54) is 0 Å². The molecule has 3 rings (SSSR count). The molecule has 2 aromatic heterocycles. The van der Waals surface area contributed by atoms with Crippen LogP contribution in [-0.2, 0) is 0 Å². The molecule has 2 heterocycles. The molecule has 0 saturated carbocycles. The van der Waals surface area contributed by atoms with E-state index >= 15 is 0 Å². The molecule has 0 aliphatic carbocycles. The zero-order chi connectivity index (χ0) is 16.9. The lowest BCUT2D eigenvalue weighted by atomic mass is 10.1. The van der Waals surface area contributed by atoms with Crippen LogP contribution in [0.1, 0.15) is 13.3 Å². The number of aromatic hydroxyl groups is 1. The quantitative estimate of drug-likeness (QED) is 0.642. The molecular formula is C17H20N6O. The molecule has 0 aliphatic heterocycles. The van der Waals surface area contributed by atoms with Crippen LogP contribution in [0.25, 0.3) is 17.1 Å². The van der Waals surface area contributed by atoms with Crippen molar-refractivity contribution in [2.75, 3.05) is 11.9 Å². The van der Waals surface area contributed by atoms with Crippen molar-refractivity contribution in [3.63, 3.8) is 0 Å². The van der Waals surface area contributed by atoms with E-state index in [9.17, 15) is 5.11 Å². The lowest BCUT2D eigenvalue weighted by molar-refractivity contribution is 0.476. The van der Waals surface area contributed by atoms with Gasteiger partial charge in [-0.05, 0) is 36.8 Å². The van der Waals surface area contributed by atoms with E-state index in [-0.39, 0.29) is 11.8 Å². The average Bonchev–Trinajstić information content (AvgIpc) is 3.15. The van der Waals surface area contributed by atoms with Crippen LogP contribution >= 0.6 is 0 Å². The van der Waals surface area contributed by atoms with Crippen LogP contribution in [0.5, 0.6) is 5.75 Å². The van der Waals surface area contributed by atoms with Crippen LogP contribution < -0.4 is 11.1 Å². The molecule has 1 aromatic carbocycles. The molecule has 7 heteroatoms.